The molecule has 0 fully saturated rings. The summed E-state index contributed by atoms with van der Waals surface area (Å²) in [6, 6.07) is 0. The van der Waals surface area contributed by atoms with Crippen LogP contribution in [-0.2, 0) is 4.57 Å². The van der Waals surface area contributed by atoms with Crippen LogP contribution in [0.15, 0.2) is 0 Å². The van der Waals surface area contributed by atoms with Gasteiger partial charge in [0.15, 0.2) is 0 Å². The van der Waals surface area contributed by atoms with Gasteiger partial charge in [-0.25, -0.2) is 4.57 Å². The zero-order chi connectivity index (χ0) is 6.50. The first-order valence-electron chi connectivity index (χ1n) is 1.16. The fourth-order valence-electron chi connectivity index (χ4n) is 0. The van der Waals surface area contributed by atoms with Crippen LogP contribution in [0.2, 0.25) is 0 Å². The van der Waals surface area contributed by atoms with Gasteiger partial charge in [-0.3, -0.25) is 0 Å². The summed E-state index contributed by atoms with van der Waals surface area (Å²) in [7, 11) is -4.64. The fraction of sp³-hybridized carbons (Fsp3) is 0. The number of phosphoric acid groups is 1. The van der Waals surface area contributed by atoms with Crippen LogP contribution in [0, 0.1) is 0 Å². The maximum absolute atomic E-state index is 8.88. The average Bonchev–Trinajstić information content (AvgIpc) is 1.36. The van der Waals surface area contributed by atoms with Gasteiger partial charge in [0.2, 0.25) is 0 Å². The molecule has 0 aromatic rings. The third-order valence-corrected chi connectivity index (χ3v) is 0. The summed E-state index contributed by atoms with van der Waals surface area (Å²) in [6.45, 7) is 0. The van der Waals surface area contributed by atoms with E-state index in [1.807, 2.05) is 0 Å². The SMILES string of the molecule is O=P(O)(O)O.[Cl][K].[KH]. The standard InChI is InChI=1S/ClH.2K.H3O4P.H/c;;;1-5(2,3)4;/h1H;;;(H3,1,2,3,4);/q;;+1;;/p-1. The van der Waals surface area contributed by atoms with Gasteiger partial charge < -0.3 is 14.7 Å². The minimum absolute atomic E-state index is 0. The van der Waals surface area contributed by atoms with Crippen LogP contribution < -0.4 is 0 Å². The van der Waals surface area contributed by atoms with E-state index in [1.165, 1.54) is 0 Å². The number of hydrogen-bond donors (Lipinski definition) is 3. The molecule has 0 aromatic carbocycles. The van der Waals surface area contributed by atoms with Crippen LogP contribution in [0.1, 0.15) is 0 Å². The van der Waals surface area contributed by atoms with Crippen molar-refractivity contribution in [3.05, 3.63) is 0 Å². The maximum atomic E-state index is 8.88. The van der Waals surface area contributed by atoms with Crippen molar-refractivity contribution >= 4 is 110 Å². The molecule has 0 amide bonds. The Morgan fingerprint density at radius 2 is 1.25 bits per heavy atom. The molecule has 0 aliphatic heterocycles. The minimum atomic E-state index is -4.64. The van der Waals surface area contributed by atoms with E-state index < -0.39 is 7.82 Å². The topological polar surface area (TPSA) is 77.8 Å². The number of hydrogen-bond acceptors (Lipinski definition) is 1. The number of halogens is 1. The molecular weight excluding hydrogens is 209 g/mol. The van der Waals surface area contributed by atoms with Crippen LogP contribution in [0.5, 0.6) is 0 Å². The average molecular weight is 213 g/mol. The van der Waals surface area contributed by atoms with Crippen LogP contribution in [-0.4, -0.2) is 113 Å². The Morgan fingerprint density at radius 3 is 1.25 bits per heavy atom. The second kappa shape index (κ2) is 10.7. The van der Waals surface area contributed by atoms with Crippen molar-refractivity contribution in [2.24, 2.45) is 0 Å². The van der Waals surface area contributed by atoms with E-state index >= 15 is 0 Å². The fourth-order valence-corrected chi connectivity index (χ4v) is 0. The van der Waals surface area contributed by atoms with Gasteiger partial charge in [-0.1, -0.05) is 0 Å². The molecular formula is H4ClK2O4P. The first kappa shape index (κ1) is 17.7. The third-order valence-electron chi connectivity index (χ3n) is 0. The Kier molecular flexibility index (Phi) is 23.6. The molecule has 0 atom stereocenters. The molecule has 0 aliphatic rings. The predicted octanol–water partition coefficient (Wildman–Crippen LogP) is -1.27. The van der Waals surface area contributed by atoms with Crippen molar-refractivity contribution in [1.82, 2.24) is 0 Å². The third kappa shape index (κ3) is 53.9. The molecule has 0 unspecified atom stereocenters. The van der Waals surface area contributed by atoms with E-state index in [1.54, 1.807) is 0 Å². The zero-order valence-corrected chi connectivity index (χ0v) is 8.35. The predicted molar refractivity (Wildman–Crippen MR) is 33.0 cm³/mol. The molecule has 0 bridgehead atoms. The van der Waals surface area contributed by atoms with Gasteiger partial charge in [-0.05, 0) is 0 Å². The Labute approximate surface area is 125 Å². The van der Waals surface area contributed by atoms with E-state index in [0.29, 0.717) is 47.1 Å². The van der Waals surface area contributed by atoms with Gasteiger partial charge in [-0.15, -0.1) is 0 Å². The van der Waals surface area contributed by atoms with Crippen molar-refractivity contribution in [1.29, 1.82) is 0 Å². The van der Waals surface area contributed by atoms with Gasteiger partial charge >= 0.3 is 110 Å². The Balaban J connectivity index is -0.0000000750. The monoisotopic (exact) mass is 212 g/mol. The van der Waals surface area contributed by atoms with Crippen LogP contribution in [0.3, 0.4) is 0 Å². The van der Waals surface area contributed by atoms with Crippen molar-refractivity contribution < 1.29 is 19.2 Å². The summed E-state index contributed by atoms with van der Waals surface area (Å²) < 4.78 is 13.7. The van der Waals surface area contributed by atoms with E-state index in [9.17, 15) is 0 Å². The zero-order valence-electron chi connectivity index (χ0n) is 3.58. The van der Waals surface area contributed by atoms with Gasteiger partial charge in [0.05, 0.1) is 0 Å². The molecule has 8 heavy (non-hydrogen) atoms. The molecule has 8 heteroatoms. The van der Waals surface area contributed by atoms with E-state index in [4.69, 9.17) is 23.0 Å². The molecule has 0 aliphatic carbocycles. The summed E-state index contributed by atoms with van der Waals surface area (Å²) in [5, 5.41) is 0. The summed E-state index contributed by atoms with van der Waals surface area (Å²) in [5.74, 6) is 0. The molecule has 0 heterocycles. The van der Waals surface area contributed by atoms with Crippen LogP contribution in [0.25, 0.3) is 0 Å². The van der Waals surface area contributed by atoms with Crippen molar-refractivity contribution in [2.45, 2.75) is 0 Å². The molecule has 0 aromatic heterocycles. The van der Waals surface area contributed by atoms with E-state index in [2.05, 4.69) is 0 Å². The first-order chi connectivity index (χ1) is 3.00. The van der Waals surface area contributed by atoms with Crippen molar-refractivity contribution in [2.75, 3.05) is 0 Å². The molecule has 42 valence electrons. The quantitative estimate of drug-likeness (QED) is 0.346. The normalized spacial score (nSPS) is 8.25. The summed E-state index contributed by atoms with van der Waals surface area (Å²) in [5.41, 5.74) is 0. The Morgan fingerprint density at radius 1 is 1.25 bits per heavy atom. The molecule has 0 saturated heterocycles. The molecule has 0 spiro atoms. The van der Waals surface area contributed by atoms with Gasteiger partial charge in [-0.2, -0.15) is 0 Å². The van der Waals surface area contributed by atoms with Gasteiger partial charge in [0.25, 0.3) is 0 Å². The summed E-state index contributed by atoms with van der Waals surface area (Å²) in [4.78, 5) is 21.6. The first-order valence-corrected chi connectivity index (χ1v) is 7.02. The Hall–Kier alpha value is 3.67. The molecule has 0 saturated carbocycles. The van der Waals surface area contributed by atoms with Crippen molar-refractivity contribution in [3.8, 4) is 0 Å². The van der Waals surface area contributed by atoms with E-state index in [-0.39, 0.29) is 51.4 Å². The van der Waals surface area contributed by atoms with Crippen LogP contribution >= 0.6 is 11.6 Å². The van der Waals surface area contributed by atoms with Crippen LogP contribution in [0.4, 0.5) is 0 Å². The Bertz CT molecular complexity index is 60.2. The van der Waals surface area contributed by atoms with Crippen molar-refractivity contribution in [3.63, 3.8) is 0 Å². The summed E-state index contributed by atoms with van der Waals surface area (Å²) >= 11 is 0.535. The molecule has 4 nitrogen and oxygen atoms in total. The second-order valence-electron chi connectivity index (χ2n) is 0.513. The molecule has 3 N–H and O–H groups in total. The van der Waals surface area contributed by atoms with Gasteiger partial charge in [0, 0.05) is 0 Å². The number of rotatable bonds is 0. The van der Waals surface area contributed by atoms with Gasteiger partial charge in [0.1, 0.15) is 0 Å². The molecule has 0 radical (unpaired) electrons. The summed E-state index contributed by atoms with van der Waals surface area (Å²) in [6.07, 6.45) is 0. The molecule has 0 rings (SSSR count). The second-order valence-corrected chi connectivity index (χ2v) is 1.54. The van der Waals surface area contributed by atoms with E-state index in [0.717, 1.165) is 0 Å².